The lowest BCUT2D eigenvalue weighted by Gasteiger charge is -2.07. The van der Waals surface area contributed by atoms with E-state index in [2.05, 4.69) is 4.72 Å². The average molecular weight is 321 g/mol. The van der Waals surface area contributed by atoms with E-state index < -0.39 is 25.8 Å². The van der Waals surface area contributed by atoms with Crippen LogP contribution in [0.4, 0.5) is 0 Å². The molecule has 7 nitrogen and oxygen atoms in total. The zero-order valence-corrected chi connectivity index (χ0v) is 12.4. The Morgan fingerprint density at radius 2 is 1.80 bits per heavy atom. The number of benzene rings is 1. The van der Waals surface area contributed by atoms with Crippen molar-refractivity contribution >= 4 is 25.8 Å². The minimum absolute atomic E-state index is 0.0823. The molecule has 1 rings (SSSR count). The van der Waals surface area contributed by atoms with Crippen LogP contribution in [-0.4, -0.2) is 40.2 Å². The fourth-order valence-corrected chi connectivity index (χ4v) is 3.45. The molecule has 0 saturated heterocycles. The largest absolute Gasteiger partial charge is 0.481 e. The molecule has 2 N–H and O–H groups in total. The molecule has 0 aliphatic rings. The second kappa shape index (κ2) is 6.33. The monoisotopic (exact) mass is 321 g/mol. The number of sulfonamides is 1. The highest BCUT2D eigenvalue weighted by molar-refractivity contribution is 7.91. The fourth-order valence-electron chi connectivity index (χ4n) is 1.38. The first-order valence-corrected chi connectivity index (χ1v) is 8.87. The van der Waals surface area contributed by atoms with Crippen molar-refractivity contribution in [3.05, 3.63) is 24.3 Å². The number of rotatable bonds is 7. The maximum atomic E-state index is 11.9. The van der Waals surface area contributed by atoms with Gasteiger partial charge in [0.25, 0.3) is 0 Å². The van der Waals surface area contributed by atoms with Crippen molar-refractivity contribution in [2.75, 3.05) is 12.3 Å². The van der Waals surface area contributed by atoms with Crippen LogP contribution >= 0.6 is 0 Å². The number of hydrogen-bond acceptors (Lipinski definition) is 5. The summed E-state index contributed by atoms with van der Waals surface area (Å²) < 4.78 is 49.2. The topological polar surface area (TPSA) is 118 Å². The summed E-state index contributed by atoms with van der Waals surface area (Å²) in [7, 11) is -7.43. The second-order valence-electron chi connectivity index (χ2n) is 3.92. The van der Waals surface area contributed by atoms with Crippen molar-refractivity contribution < 1.29 is 26.7 Å². The Bertz CT molecular complexity index is 693. The van der Waals surface area contributed by atoms with E-state index in [0.717, 1.165) is 6.07 Å². The smallest absolute Gasteiger partial charge is 0.304 e. The summed E-state index contributed by atoms with van der Waals surface area (Å²) in [5.41, 5.74) is 0. The lowest BCUT2D eigenvalue weighted by molar-refractivity contribution is -0.136. The summed E-state index contributed by atoms with van der Waals surface area (Å²) in [6.07, 6.45) is -0.355. The van der Waals surface area contributed by atoms with Gasteiger partial charge in [-0.2, -0.15) is 0 Å². The Morgan fingerprint density at radius 3 is 2.35 bits per heavy atom. The number of sulfone groups is 1. The van der Waals surface area contributed by atoms with Gasteiger partial charge < -0.3 is 5.11 Å². The molecule has 0 aliphatic heterocycles. The molecule has 112 valence electrons. The summed E-state index contributed by atoms with van der Waals surface area (Å²) in [5.74, 6) is -1.27. The number of nitrogens with one attached hydrogen (secondary N) is 1. The summed E-state index contributed by atoms with van der Waals surface area (Å²) in [4.78, 5) is 10.0. The van der Waals surface area contributed by atoms with Gasteiger partial charge in [0.05, 0.1) is 22.0 Å². The van der Waals surface area contributed by atoms with Crippen molar-refractivity contribution in [3.63, 3.8) is 0 Å². The van der Waals surface area contributed by atoms with Crippen LogP contribution in [-0.2, 0) is 24.7 Å². The van der Waals surface area contributed by atoms with Gasteiger partial charge in [0.2, 0.25) is 10.0 Å². The molecule has 0 radical (unpaired) electrons. The van der Waals surface area contributed by atoms with Crippen molar-refractivity contribution in [3.8, 4) is 0 Å². The minimum Gasteiger partial charge on any atom is -0.481 e. The van der Waals surface area contributed by atoms with Gasteiger partial charge >= 0.3 is 5.97 Å². The third-order valence-corrected chi connectivity index (χ3v) is 5.68. The van der Waals surface area contributed by atoms with Crippen LogP contribution in [0, 0.1) is 0 Å². The van der Waals surface area contributed by atoms with E-state index in [1.807, 2.05) is 0 Å². The van der Waals surface area contributed by atoms with Gasteiger partial charge in [-0.15, -0.1) is 0 Å². The zero-order chi connectivity index (χ0) is 15.4. The van der Waals surface area contributed by atoms with Gasteiger partial charge in [-0.05, 0) is 18.2 Å². The van der Waals surface area contributed by atoms with Gasteiger partial charge in [0, 0.05) is 6.54 Å². The van der Waals surface area contributed by atoms with E-state index in [4.69, 9.17) is 5.11 Å². The molecule has 0 bridgehead atoms. The highest BCUT2D eigenvalue weighted by atomic mass is 32.2. The van der Waals surface area contributed by atoms with Crippen LogP contribution in [0.5, 0.6) is 0 Å². The highest BCUT2D eigenvalue weighted by Crippen LogP contribution is 2.16. The lowest BCUT2D eigenvalue weighted by atomic mass is 10.4. The summed E-state index contributed by atoms with van der Waals surface area (Å²) >= 11 is 0. The maximum Gasteiger partial charge on any atom is 0.304 e. The van der Waals surface area contributed by atoms with E-state index in [1.54, 1.807) is 0 Å². The highest BCUT2D eigenvalue weighted by Gasteiger charge is 2.18. The molecule has 0 amide bonds. The summed E-state index contributed by atoms with van der Waals surface area (Å²) in [6, 6.07) is 4.95. The van der Waals surface area contributed by atoms with Gasteiger partial charge in [-0.3, -0.25) is 4.79 Å². The maximum absolute atomic E-state index is 11.9. The fraction of sp³-hybridized carbons (Fsp3) is 0.364. The molecule has 0 aromatic heterocycles. The third kappa shape index (κ3) is 4.29. The normalized spacial score (nSPS) is 12.2. The Hall–Kier alpha value is -1.45. The molecule has 0 unspecified atom stereocenters. The predicted octanol–water partition coefficient (Wildman–Crippen LogP) is 0.233. The standard InChI is InChI=1S/C11H15NO6S2/c1-2-19(15,16)9-4-3-5-10(8-9)20(17,18)12-7-6-11(13)14/h3-5,8,12H,2,6-7H2,1H3,(H,13,14). The average Bonchev–Trinajstić information content (AvgIpc) is 2.38. The SMILES string of the molecule is CCS(=O)(=O)c1cccc(S(=O)(=O)NCCC(=O)O)c1. The molecule has 20 heavy (non-hydrogen) atoms. The van der Waals surface area contributed by atoms with Crippen LogP contribution in [0.1, 0.15) is 13.3 Å². The first kappa shape index (κ1) is 16.6. The molecule has 0 spiro atoms. The molecule has 0 aliphatic carbocycles. The third-order valence-electron chi connectivity index (χ3n) is 2.49. The molecular formula is C11H15NO6S2. The van der Waals surface area contributed by atoms with Crippen LogP contribution in [0.3, 0.4) is 0 Å². The van der Waals surface area contributed by atoms with Crippen molar-refractivity contribution in [1.29, 1.82) is 0 Å². The summed E-state index contributed by atoms with van der Waals surface area (Å²) in [6.45, 7) is 1.20. The number of carboxylic acid groups (broad SMARTS) is 1. The first-order chi connectivity index (χ1) is 9.19. The number of hydrogen-bond donors (Lipinski definition) is 2. The molecular weight excluding hydrogens is 306 g/mol. The molecule has 0 atom stereocenters. The van der Waals surface area contributed by atoms with E-state index in [-0.39, 0.29) is 28.5 Å². The predicted molar refractivity (Wildman–Crippen MR) is 71.6 cm³/mol. The van der Waals surface area contributed by atoms with Gasteiger partial charge in [0.15, 0.2) is 9.84 Å². The number of carbonyl (C=O) groups is 1. The summed E-state index contributed by atoms with van der Waals surface area (Å²) in [5, 5.41) is 8.45. The Labute approximate surface area is 117 Å². The molecule has 9 heteroatoms. The van der Waals surface area contributed by atoms with Crippen LogP contribution in [0.25, 0.3) is 0 Å². The molecule has 0 fully saturated rings. The van der Waals surface area contributed by atoms with E-state index in [1.165, 1.54) is 25.1 Å². The minimum atomic E-state index is -3.92. The Morgan fingerprint density at radius 1 is 1.20 bits per heavy atom. The Balaban J connectivity index is 3.02. The quantitative estimate of drug-likeness (QED) is 0.742. The van der Waals surface area contributed by atoms with Crippen LogP contribution in [0.2, 0.25) is 0 Å². The molecule has 1 aromatic carbocycles. The van der Waals surface area contributed by atoms with Crippen molar-refractivity contribution in [2.45, 2.75) is 23.1 Å². The van der Waals surface area contributed by atoms with Gasteiger partial charge in [-0.25, -0.2) is 21.6 Å². The van der Waals surface area contributed by atoms with Gasteiger partial charge in [-0.1, -0.05) is 13.0 Å². The Kier molecular flexibility index (Phi) is 5.26. The molecule has 0 heterocycles. The van der Waals surface area contributed by atoms with E-state index in [9.17, 15) is 21.6 Å². The number of carboxylic acids is 1. The van der Waals surface area contributed by atoms with Gasteiger partial charge in [0.1, 0.15) is 0 Å². The lowest BCUT2D eigenvalue weighted by Crippen LogP contribution is -2.26. The van der Waals surface area contributed by atoms with Crippen LogP contribution < -0.4 is 4.72 Å². The van der Waals surface area contributed by atoms with E-state index in [0.29, 0.717) is 0 Å². The first-order valence-electron chi connectivity index (χ1n) is 5.73. The molecule has 1 aromatic rings. The van der Waals surface area contributed by atoms with Crippen LogP contribution in [0.15, 0.2) is 34.1 Å². The molecule has 0 saturated carbocycles. The van der Waals surface area contributed by atoms with Crippen molar-refractivity contribution in [1.82, 2.24) is 4.72 Å². The number of aliphatic carboxylic acids is 1. The van der Waals surface area contributed by atoms with E-state index >= 15 is 0 Å². The zero-order valence-electron chi connectivity index (χ0n) is 10.7. The second-order valence-corrected chi connectivity index (χ2v) is 7.96. The van der Waals surface area contributed by atoms with Crippen molar-refractivity contribution in [2.24, 2.45) is 0 Å².